The highest BCUT2D eigenvalue weighted by molar-refractivity contribution is 9.10. The third-order valence-corrected chi connectivity index (χ3v) is 5.04. The van der Waals surface area contributed by atoms with Crippen LogP contribution in [0, 0.1) is 5.92 Å². The van der Waals surface area contributed by atoms with Crippen molar-refractivity contribution in [2.24, 2.45) is 11.7 Å². The monoisotopic (exact) mass is 346 g/mol. The van der Waals surface area contributed by atoms with Crippen molar-refractivity contribution in [2.75, 3.05) is 13.1 Å². The summed E-state index contributed by atoms with van der Waals surface area (Å²) in [6.45, 7) is -0.449. The molecule has 20 heavy (non-hydrogen) atoms. The molecular weight excluding hydrogens is 330 g/mol. The molecule has 2 N–H and O–H groups in total. The maximum absolute atomic E-state index is 12.5. The molecule has 2 atom stereocenters. The quantitative estimate of drug-likeness (QED) is 0.910. The van der Waals surface area contributed by atoms with Crippen molar-refractivity contribution < 1.29 is 13.5 Å². The number of rotatable bonds is 4. The van der Waals surface area contributed by atoms with Gasteiger partial charge in [0.05, 0.1) is 4.47 Å². The second-order valence-electron chi connectivity index (χ2n) is 5.74. The minimum Gasteiger partial charge on any atom is -0.433 e. The third kappa shape index (κ3) is 2.56. The van der Waals surface area contributed by atoms with E-state index < -0.39 is 6.61 Å². The molecule has 1 aliphatic heterocycles. The predicted molar refractivity (Wildman–Crippen MR) is 75.7 cm³/mol. The van der Waals surface area contributed by atoms with E-state index in [1.165, 1.54) is 6.42 Å². The van der Waals surface area contributed by atoms with Gasteiger partial charge in [-0.3, -0.25) is 4.90 Å². The van der Waals surface area contributed by atoms with E-state index in [1.54, 1.807) is 6.07 Å². The van der Waals surface area contributed by atoms with E-state index in [1.807, 2.05) is 12.1 Å². The largest absolute Gasteiger partial charge is 0.433 e. The molecule has 0 bridgehead atoms. The molecule has 1 aromatic carbocycles. The zero-order chi connectivity index (χ0) is 14.3. The van der Waals surface area contributed by atoms with Crippen LogP contribution in [0.4, 0.5) is 8.78 Å². The Labute approximate surface area is 125 Å². The van der Waals surface area contributed by atoms with Gasteiger partial charge in [-0.15, -0.1) is 0 Å². The normalized spacial score (nSPS) is 29.4. The van der Waals surface area contributed by atoms with Crippen LogP contribution in [0.25, 0.3) is 0 Å². The van der Waals surface area contributed by atoms with Crippen molar-refractivity contribution in [2.45, 2.75) is 31.5 Å². The number of nitrogens with two attached hydrogens (primary N) is 1. The van der Waals surface area contributed by atoms with E-state index in [4.69, 9.17) is 5.73 Å². The summed E-state index contributed by atoms with van der Waals surface area (Å²) in [6.07, 6.45) is 2.24. The Morgan fingerprint density at radius 2 is 2.30 bits per heavy atom. The number of likely N-dealkylation sites (tertiary alicyclic amines) is 1. The smallest absolute Gasteiger partial charge is 0.387 e. The highest BCUT2D eigenvalue weighted by atomic mass is 79.9. The van der Waals surface area contributed by atoms with E-state index >= 15 is 0 Å². The van der Waals surface area contributed by atoms with Crippen LogP contribution in [0.3, 0.4) is 0 Å². The van der Waals surface area contributed by atoms with Crippen LogP contribution in [0.15, 0.2) is 22.7 Å². The van der Waals surface area contributed by atoms with E-state index in [2.05, 4.69) is 25.6 Å². The molecule has 0 aromatic heterocycles. The second-order valence-corrected chi connectivity index (χ2v) is 6.60. The number of fused-ring (bicyclic) bond motifs is 1. The number of nitrogens with zero attached hydrogens (tertiary/aromatic N) is 1. The predicted octanol–water partition coefficient (Wildman–Crippen LogP) is 2.97. The average molecular weight is 347 g/mol. The number of hydrogen-bond donors (Lipinski definition) is 1. The van der Waals surface area contributed by atoms with Gasteiger partial charge in [-0.05, 0) is 40.8 Å². The van der Waals surface area contributed by atoms with E-state index in [-0.39, 0.29) is 11.3 Å². The number of ether oxygens (including phenoxy) is 1. The van der Waals surface area contributed by atoms with E-state index in [0.717, 1.165) is 25.1 Å². The lowest BCUT2D eigenvalue weighted by Crippen LogP contribution is -2.54. The van der Waals surface area contributed by atoms with Crippen LogP contribution < -0.4 is 10.5 Å². The molecule has 6 heteroatoms. The van der Waals surface area contributed by atoms with E-state index in [0.29, 0.717) is 16.9 Å². The Morgan fingerprint density at radius 1 is 1.50 bits per heavy atom. The Kier molecular flexibility index (Phi) is 3.73. The van der Waals surface area contributed by atoms with Gasteiger partial charge >= 0.3 is 6.61 Å². The Hall–Kier alpha value is -0.720. The van der Waals surface area contributed by atoms with Crippen LogP contribution in [0.1, 0.15) is 18.4 Å². The molecule has 1 aliphatic carbocycles. The first-order valence-corrected chi connectivity index (χ1v) is 7.51. The van der Waals surface area contributed by atoms with Crippen LogP contribution in [-0.4, -0.2) is 30.1 Å². The molecule has 1 saturated heterocycles. The summed E-state index contributed by atoms with van der Waals surface area (Å²) in [4.78, 5) is 2.23. The fourth-order valence-corrected chi connectivity index (χ4v) is 3.75. The summed E-state index contributed by atoms with van der Waals surface area (Å²) in [5.41, 5.74) is 7.01. The zero-order valence-corrected chi connectivity index (χ0v) is 12.6. The fraction of sp³-hybridized carbons (Fsp3) is 0.571. The van der Waals surface area contributed by atoms with Crippen molar-refractivity contribution in [3.05, 3.63) is 28.2 Å². The summed E-state index contributed by atoms with van der Waals surface area (Å²) >= 11 is 3.27. The number of para-hydroxylation sites is 1. The van der Waals surface area contributed by atoms with Gasteiger partial charge in [-0.1, -0.05) is 12.1 Å². The van der Waals surface area contributed by atoms with Crippen molar-refractivity contribution in [3.63, 3.8) is 0 Å². The van der Waals surface area contributed by atoms with Crippen LogP contribution in [0.2, 0.25) is 0 Å². The van der Waals surface area contributed by atoms with Gasteiger partial charge in [-0.2, -0.15) is 8.78 Å². The summed E-state index contributed by atoms with van der Waals surface area (Å²) < 4.78 is 30.2. The Morgan fingerprint density at radius 3 is 2.85 bits per heavy atom. The first-order chi connectivity index (χ1) is 9.48. The summed E-state index contributed by atoms with van der Waals surface area (Å²) in [5.74, 6) is 0.780. The number of alkyl halides is 2. The highest BCUT2D eigenvalue weighted by Crippen LogP contribution is 2.43. The van der Waals surface area contributed by atoms with Gasteiger partial charge in [-0.25, -0.2) is 0 Å². The van der Waals surface area contributed by atoms with Gasteiger partial charge in [0, 0.05) is 30.7 Å². The molecule has 0 unspecified atom stereocenters. The third-order valence-electron chi connectivity index (χ3n) is 4.42. The van der Waals surface area contributed by atoms with Gasteiger partial charge in [0.25, 0.3) is 0 Å². The summed E-state index contributed by atoms with van der Waals surface area (Å²) in [5, 5.41) is 0. The zero-order valence-electron chi connectivity index (χ0n) is 11.0. The van der Waals surface area contributed by atoms with Crippen molar-refractivity contribution >= 4 is 15.9 Å². The molecule has 2 aliphatic rings. The number of benzene rings is 1. The topological polar surface area (TPSA) is 38.5 Å². The van der Waals surface area contributed by atoms with Crippen molar-refractivity contribution in [3.8, 4) is 5.75 Å². The SMILES string of the molecule is N[C@]12CC[C@H]1CN(Cc1cccc(Br)c1OC(F)F)C2. The lowest BCUT2D eigenvalue weighted by molar-refractivity contribution is -0.0512. The van der Waals surface area contributed by atoms with Crippen molar-refractivity contribution in [1.29, 1.82) is 0 Å². The van der Waals surface area contributed by atoms with Gasteiger partial charge in [0.1, 0.15) is 5.75 Å². The number of hydrogen-bond acceptors (Lipinski definition) is 3. The standard InChI is InChI=1S/C14H17BrF2N2O/c15-11-3-1-2-9(12(11)20-13(16)17)6-19-7-10-4-5-14(10,18)8-19/h1-3,10,13H,4-8,18H2/t10-,14-/m0/s1. The molecule has 1 saturated carbocycles. The van der Waals surface area contributed by atoms with Crippen LogP contribution in [0.5, 0.6) is 5.75 Å². The maximum atomic E-state index is 12.5. The fourth-order valence-electron chi connectivity index (χ4n) is 3.25. The average Bonchev–Trinajstić information content (AvgIpc) is 2.58. The van der Waals surface area contributed by atoms with Crippen molar-refractivity contribution in [1.82, 2.24) is 4.90 Å². The first-order valence-electron chi connectivity index (χ1n) is 6.71. The molecule has 3 rings (SSSR count). The summed E-state index contributed by atoms with van der Waals surface area (Å²) in [7, 11) is 0. The molecule has 0 spiro atoms. The molecule has 0 amide bonds. The van der Waals surface area contributed by atoms with Gasteiger partial charge in [0.2, 0.25) is 0 Å². The minimum atomic E-state index is -2.82. The highest BCUT2D eigenvalue weighted by Gasteiger charge is 2.49. The molecule has 1 heterocycles. The lowest BCUT2D eigenvalue weighted by atomic mass is 9.70. The van der Waals surface area contributed by atoms with Crippen LogP contribution >= 0.6 is 15.9 Å². The summed E-state index contributed by atoms with van der Waals surface area (Å²) in [6, 6.07) is 5.37. The van der Waals surface area contributed by atoms with Gasteiger partial charge in [0.15, 0.2) is 0 Å². The molecule has 0 radical (unpaired) electrons. The Bertz CT molecular complexity index is 514. The molecule has 1 aromatic rings. The molecule has 110 valence electrons. The first kappa shape index (κ1) is 14.2. The lowest BCUT2D eigenvalue weighted by Gasteiger charge is -2.40. The molecule has 2 fully saturated rings. The maximum Gasteiger partial charge on any atom is 0.387 e. The Balaban J connectivity index is 1.76. The minimum absolute atomic E-state index is 0.0598. The van der Waals surface area contributed by atoms with Crippen LogP contribution in [-0.2, 0) is 6.54 Å². The molecule has 3 nitrogen and oxygen atoms in total. The second kappa shape index (κ2) is 5.24. The number of halogens is 3. The van der Waals surface area contributed by atoms with E-state index in [9.17, 15) is 8.78 Å². The van der Waals surface area contributed by atoms with Gasteiger partial charge < -0.3 is 10.5 Å². The molecular formula is C14H17BrF2N2O.